The normalized spacial score (nSPS) is 18.2. The van der Waals surface area contributed by atoms with Crippen LogP contribution in [0, 0.1) is 6.92 Å². The van der Waals surface area contributed by atoms with Gasteiger partial charge in [-0.05, 0) is 33.6 Å². The average Bonchev–Trinajstić information content (AvgIpc) is 3.33. The van der Waals surface area contributed by atoms with E-state index in [0.29, 0.717) is 57.5 Å². The molecule has 2 aromatic rings. The number of aryl methyl sites for hydroxylation is 1. The van der Waals surface area contributed by atoms with E-state index in [2.05, 4.69) is 15.5 Å². The van der Waals surface area contributed by atoms with E-state index < -0.39 is 0 Å². The second-order valence-electron chi connectivity index (χ2n) is 8.20. The summed E-state index contributed by atoms with van der Waals surface area (Å²) in [5.41, 5.74) is 1.81. The molecule has 0 bridgehead atoms. The fourth-order valence-corrected chi connectivity index (χ4v) is 3.87. The highest BCUT2D eigenvalue weighted by atomic mass is 16.5. The molecule has 2 aliphatic rings. The van der Waals surface area contributed by atoms with Crippen molar-refractivity contribution in [1.29, 1.82) is 0 Å². The minimum Gasteiger partial charge on any atom is -0.376 e. The maximum atomic E-state index is 12.6. The number of amides is 1. The first-order valence-corrected chi connectivity index (χ1v) is 10.4. The summed E-state index contributed by atoms with van der Waals surface area (Å²) < 4.78 is 24.4. The van der Waals surface area contributed by atoms with Crippen molar-refractivity contribution >= 4 is 5.91 Å². The van der Waals surface area contributed by atoms with Gasteiger partial charge in [0.2, 0.25) is 0 Å². The molecule has 0 saturated carbocycles. The summed E-state index contributed by atoms with van der Waals surface area (Å²) in [4.78, 5) is 14.4. The molecule has 10 nitrogen and oxygen atoms in total. The Balaban J connectivity index is 1.30. The number of carbonyl (C=O) groups is 1. The topological polar surface area (TPSA) is 105 Å². The lowest BCUT2D eigenvalue weighted by atomic mass is 9.89. The van der Waals surface area contributed by atoms with Crippen LogP contribution in [0.5, 0.6) is 0 Å². The molecule has 0 aromatic carbocycles. The molecule has 4 heterocycles. The van der Waals surface area contributed by atoms with Crippen molar-refractivity contribution in [3.05, 3.63) is 28.9 Å². The quantitative estimate of drug-likeness (QED) is 0.625. The maximum Gasteiger partial charge on any atom is 0.276 e. The predicted molar refractivity (Wildman–Crippen MR) is 105 cm³/mol. The number of piperidine rings is 1. The fraction of sp³-hybridized carbons (Fsp3) is 0.700. The van der Waals surface area contributed by atoms with E-state index >= 15 is 0 Å². The maximum absolute atomic E-state index is 12.6. The molecular weight excluding hydrogens is 390 g/mol. The predicted octanol–water partition coefficient (Wildman–Crippen LogP) is 1.72. The van der Waals surface area contributed by atoms with E-state index in [9.17, 15) is 4.79 Å². The molecule has 164 valence electrons. The van der Waals surface area contributed by atoms with Crippen LogP contribution in [0.4, 0.5) is 0 Å². The Labute approximate surface area is 175 Å². The zero-order valence-electron chi connectivity index (χ0n) is 17.8. The lowest BCUT2D eigenvalue weighted by Crippen LogP contribution is -2.52. The van der Waals surface area contributed by atoms with Crippen molar-refractivity contribution in [1.82, 2.24) is 25.1 Å². The Kier molecular flexibility index (Phi) is 6.16. The molecule has 4 rings (SSSR count). The number of rotatable bonds is 7. The number of carbonyl (C=O) groups excluding carboxylic acids is 1. The van der Waals surface area contributed by atoms with Gasteiger partial charge in [0.25, 0.3) is 5.91 Å². The second kappa shape index (κ2) is 8.83. The molecule has 1 fully saturated rings. The summed E-state index contributed by atoms with van der Waals surface area (Å²) in [5.74, 6) is 0.535. The fourth-order valence-electron chi connectivity index (χ4n) is 3.87. The van der Waals surface area contributed by atoms with Crippen molar-refractivity contribution in [3.63, 3.8) is 0 Å². The molecule has 2 aliphatic heterocycles. The summed E-state index contributed by atoms with van der Waals surface area (Å²) in [6, 6.07) is 1.67. The van der Waals surface area contributed by atoms with E-state index in [1.54, 1.807) is 17.9 Å². The first-order chi connectivity index (χ1) is 14.5. The smallest absolute Gasteiger partial charge is 0.276 e. The van der Waals surface area contributed by atoms with E-state index in [4.69, 9.17) is 18.7 Å². The summed E-state index contributed by atoms with van der Waals surface area (Å²) >= 11 is 0. The molecule has 10 heteroatoms. The van der Waals surface area contributed by atoms with Gasteiger partial charge in [-0.15, -0.1) is 5.10 Å². The Bertz CT molecular complexity index is 869. The van der Waals surface area contributed by atoms with Crippen molar-refractivity contribution in [3.8, 4) is 0 Å². The number of fused-ring (bicyclic) bond motifs is 1. The van der Waals surface area contributed by atoms with Gasteiger partial charge in [-0.2, -0.15) is 0 Å². The minimum atomic E-state index is -0.319. The molecule has 0 unspecified atom stereocenters. The van der Waals surface area contributed by atoms with Crippen LogP contribution in [0.1, 0.15) is 54.3 Å². The molecule has 30 heavy (non-hydrogen) atoms. The number of hydrogen-bond donors (Lipinski definition) is 0. The Morgan fingerprint density at radius 3 is 2.80 bits per heavy atom. The molecule has 1 spiro atoms. The van der Waals surface area contributed by atoms with Crippen LogP contribution in [-0.4, -0.2) is 69.0 Å². The highest BCUT2D eigenvalue weighted by Gasteiger charge is 2.41. The first-order valence-electron chi connectivity index (χ1n) is 10.4. The van der Waals surface area contributed by atoms with E-state index in [0.717, 1.165) is 24.2 Å². The molecular formula is C20H29N5O5. The number of aromatic nitrogens is 4. The zero-order valence-corrected chi connectivity index (χ0v) is 17.8. The van der Waals surface area contributed by atoms with Crippen LogP contribution in [0.3, 0.4) is 0 Å². The van der Waals surface area contributed by atoms with E-state index in [1.165, 1.54) is 0 Å². The first kappa shape index (κ1) is 21.0. The highest BCUT2D eigenvalue weighted by molar-refractivity contribution is 5.92. The molecule has 0 atom stereocenters. The SMILES string of the molecule is Cc1cc(C(=O)N2CCC3(CC2)Cn2nnc(COCCOC(C)C)c2CO3)no1. The third-order valence-electron chi connectivity index (χ3n) is 5.60. The number of hydrogen-bond acceptors (Lipinski definition) is 8. The second-order valence-corrected chi connectivity index (χ2v) is 8.20. The third-order valence-corrected chi connectivity index (χ3v) is 5.60. The summed E-state index contributed by atoms with van der Waals surface area (Å²) in [5, 5.41) is 12.4. The van der Waals surface area contributed by atoms with Gasteiger partial charge in [-0.3, -0.25) is 4.79 Å². The Hall–Kier alpha value is -2.30. The van der Waals surface area contributed by atoms with Gasteiger partial charge in [0.15, 0.2) is 5.69 Å². The minimum absolute atomic E-state index is 0.0974. The highest BCUT2D eigenvalue weighted by Crippen LogP contribution is 2.34. The molecule has 0 radical (unpaired) electrons. The largest absolute Gasteiger partial charge is 0.376 e. The molecule has 1 saturated heterocycles. The molecule has 1 amide bonds. The van der Waals surface area contributed by atoms with Gasteiger partial charge < -0.3 is 23.6 Å². The van der Waals surface area contributed by atoms with Gasteiger partial charge >= 0.3 is 0 Å². The molecule has 2 aromatic heterocycles. The summed E-state index contributed by atoms with van der Waals surface area (Å²) in [7, 11) is 0. The van der Waals surface area contributed by atoms with Gasteiger partial charge in [-0.25, -0.2) is 4.68 Å². The van der Waals surface area contributed by atoms with Crippen LogP contribution < -0.4 is 0 Å². The lowest BCUT2D eigenvalue weighted by molar-refractivity contribution is -0.120. The van der Waals surface area contributed by atoms with E-state index in [1.807, 2.05) is 18.5 Å². The summed E-state index contributed by atoms with van der Waals surface area (Å²) in [6.45, 7) is 9.56. The van der Waals surface area contributed by atoms with Crippen molar-refractivity contribution in [2.45, 2.75) is 65.1 Å². The van der Waals surface area contributed by atoms with E-state index in [-0.39, 0.29) is 17.6 Å². The molecule has 0 aliphatic carbocycles. The van der Waals surface area contributed by atoms with Gasteiger partial charge in [-0.1, -0.05) is 10.4 Å². The van der Waals surface area contributed by atoms with Crippen LogP contribution in [0.15, 0.2) is 10.6 Å². The number of ether oxygens (including phenoxy) is 3. The monoisotopic (exact) mass is 419 g/mol. The van der Waals surface area contributed by atoms with Gasteiger partial charge in [0.1, 0.15) is 11.5 Å². The number of nitrogens with zero attached hydrogens (tertiary/aromatic N) is 5. The van der Waals surface area contributed by atoms with Crippen LogP contribution >= 0.6 is 0 Å². The third kappa shape index (κ3) is 4.55. The van der Waals surface area contributed by atoms with Crippen molar-refractivity contribution in [2.75, 3.05) is 26.3 Å². The zero-order chi connectivity index (χ0) is 21.1. The Morgan fingerprint density at radius 2 is 2.10 bits per heavy atom. The van der Waals surface area contributed by atoms with Crippen LogP contribution in [0.2, 0.25) is 0 Å². The molecule has 0 N–H and O–H groups in total. The number of likely N-dealkylation sites (tertiary alicyclic amines) is 1. The lowest BCUT2D eigenvalue weighted by Gasteiger charge is -2.43. The van der Waals surface area contributed by atoms with Gasteiger partial charge in [0.05, 0.1) is 50.4 Å². The van der Waals surface area contributed by atoms with Crippen LogP contribution in [-0.2, 0) is 34.0 Å². The summed E-state index contributed by atoms with van der Waals surface area (Å²) in [6.07, 6.45) is 1.68. The average molecular weight is 419 g/mol. The standard InChI is InChI=1S/C20H29N5O5/c1-14(2)28-9-8-27-11-17-18-12-29-20(13-25(18)23-21-17)4-6-24(7-5-20)19(26)16-10-15(3)30-22-16/h10,14H,4-9,11-13H2,1-3H3. The van der Waals surface area contributed by atoms with Crippen molar-refractivity contribution in [2.24, 2.45) is 0 Å². The Morgan fingerprint density at radius 1 is 1.30 bits per heavy atom. The van der Waals surface area contributed by atoms with Crippen molar-refractivity contribution < 1.29 is 23.5 Å². The van der Waals surface area contributed by atoms with Gasteiger partial charge in [0, 0.05) is 19.2 Å². The van der Waals surface area contributed by atoms with Crippen LogP contribution in [0.25, 0.3) is 0 Å².